The highest BCUT2D eigenvalue weighted by Crippen LogP contribution is 2.30. The maximum Gasteiger partial charge on any atom is 0.262 e. The molecule has 0 spiro atoms. The van der Waals surface area contributed by atoms with Crippen LogP contribution in [0.15, 0.2) is 53.9 Å². The summed E-state index contributed by atoms with van der Waals surface area (Å²) in [4.78, 5) is 8.79. The van der Waals surface area contributed by atoms with Crippen molar-refractivity contribution in [3.63, 3.8) is 0 Å². The molecule has 1 aliphatic rings. The van der Waals surface area contributed by atoms with E-state index in [9.17, 15) is 8.42 Å². The Morgan fingerprint density at radius 3 is 2.77 bits per heavy atom. The van der Waals surface area contributed by atoms with E-state index >= 15 is 0 Å². The van der Waals surface area contributed by atoms with Crippen LogP contribution in [0.4, 0.5) is 0 Å². The summed E-state index contributed by atoms with van der Waals surface area (Å²) in [6.07, 6.45) is 5.54. The van der Waals surface area contributed by atoms with Crippen LogP contribution in [0, 0.1) is 6.92 Å². The topological polar surface area (TPSA) is 68.1 Å². The van der Waals surface area contributed by atoms with E-state index in [1.807, 2.05) is 25.1 Å². The fourth-order valence-corrected chi connectivity index (χ4v) is 5.72. The number of halogens is 1. The number of piperidine rings is 1. The zero-order valence-electron chi connectivity index (χ0n) is 17.1. The number of benzene rings is 1. The molecule has 3 heterocycles. The number of hydrogen-bond acceptors (Lipinski definition) is 4. The van der Waals surface area contributed by atoms with Crippen molar-refractivity contribution in [3.05, 3.63) is 76.5 Å². The average molecular weight is 445 g/mol. The van der Waals surface area contributed by atoms with Crippen LogP contribution in [0.1, 0.15) is 41.3 Å². The van der Waals surface area contributed by atoms with Crippen molar-refractivity contribution < 1.29 is 8.42 Å². The van der Waals surface area contributed by atoms with Gasteiger partial charge in [-0.25, -0.2) is 13.4 Å². The number of pyridine rings is 1. The lowest BCUT2D eigenvalue weighted by atomic mass is 9.93. The van der Waals surface area contributed by atoms with Gasteiger partial charge in [-0.15, -0.1) is 0 Å². The Morgan fingerprint density at radius 2 is 2.03 bits per heavy atom. The fraction of sp³-hybridized carbons (Fsp3) is 0.364. The third-order valence-electron chi connectivity index (χ3n) is 5.42. The van der Waals surface area contributed by atoms with Crippen LogP contribution in [-0.4, -0.2) is 40.3 Å². The van der Waals surface area contributed by atoms with E-state index in [-0.39, 0.29) is 10.9 Å². The Balaban J connectivity index is 1.57. The molecule has 6 nitrogen and oxygen atoms in total. The largest absolute Gasteiger partial charge is 0.339 e. The minimum absolute atomic E-state index is 0.0650. The molecular weight excluding hydrogens is 420 g/mol. The molecule has 1 atom stereocenters. The normalized spacial score (nSPS) is 17.9. The molecule has 0 N–H and O–H groups in total. The van der Waals surface area contributed by atoms with Crippen molar-refractivity contribution in [1.29, 1.82) is 0 Å². The quantitative estimate of drug-likeness (QED) is 0.597. The highest BCUT2D eigenvalue weighted by molar-refractivity contribution is 7.89. The highest BCUT2D eigenvalue weighted by atomic mass is 35.5. The maximum absolute atomic E-state index is 13.0. The van der Waals surface area contributed by atoms with E-state index in [2.05, 4.69) is 23.2 Å². The number of imidazole rings is 1. The minimum Gasteiger partial charge on any atom is -0.339 e. The van der Waals surface area contributed by atoms with E-state index in [4.69, 9.17) is 16.6 Å². The van der Waals surface area contributed by atoms with Crippen LogP contribution >= 0.6 is 11.6 Å². The molecule has 30 heavy (non-hydrogen) atoms. The predicted octanol–water partition coefficient (Wildman–Crippen LogP) is 3.94. The van der Waals surface area contributed by atoms with Crippen LogP contribution in [-0.2, 0) is 23.5 Å². The summed E-state index contributed by atoms with van der Waals surface area (Å²) in [5, 5.41) is 0.825. The van der Waals surface area contributed by atoms with Crippen molar-refractivity contribution >= 4 is 21.6 Å². The van der Waals surface area contributed by atoms with E-state index < -0.39 is 10.0 Å². The second-order valence-corrected chi connectivity index (χ2v) is 10.2. The summed E-state index contributed by atoms with van der Waals surface area (Å²) in [7, 11) is -1.83. The number of nitrogens with zero attached hydrogens (tertiary/aromatic N) is 4. The number of rotatable bonds is 5. The molecule has 3 aromatic rings. The first-order valence-corrected chi connectivity index (χ1v) is 11.8. The summed E-state index contributed by atoms with van der Waals surface area (Å²) in [5.74, 6) is 0.0650. The van der Waals surface area contributed by atoms with Crippen LogP contribution in [0.5, 0.6) is 0 Å². The lowest BCUT2D eigenvalue weighted by Gasteiger charge is -2.31. The lowest BCUT2D eigenvalue weighted by molar-refractivity contribution is 0.311. The van der Waals surface area contributed by atoms with Crippen molar-refractivity contribution in [3.8, 4) is 0 Å². The Bertz CT molecular complexity index is 1160. The third kappa shape index (κ3) is 4.58. The molecule has 0 radical (unpaired) electrons. The van der Waals surface area contributed by atoms with Gasteiger partial charge in [0.25, 0.3) is 10.0 Å². The van der Waals surface area contributed by atoms with Crippen molar-refractivity contribution in [1.82, 2.24) is 18.8 Å². The molecule has 1 aliphatic heterocycles. The molecule has 0 amide bonds. The zero-order chi connectivity index (χ0) is 21.3. The van der Waals surface area contributed by atoms with Gasteiger partial charge in [0, 0.05) is 48.7 Å². The van der Waals surface area contributed by atoms with E-state index in [0.29, 0.717) is 13.1 Å². The highest BCUT2D eigenvalue weighted by Gasteiger charge is 2.33. The van der Waals surface area contributed by atoms with Gasteiger partial charge in [0.2, 0.25) is 0 Å². The van der Waals surface area contributed by atoms with Gasteiger partial charge in [-0.3, -0.25) is 4.98 Å². The number of sulfonamides is 1. The Kier molecular flexibility index (Phi) is 5.95. The molecule has 0 unspecified atom stereocenters. The molecule has 2 aromatic heterocycles. The molecule has 0 bridgehead atoms. The molecule has 0 saturated carbocycles. The standard InChI is InChI=1S/C22H25ClN4O2S/c1-16-9-18(10-17-5-3-7-20(23)11-17)12-21(25-16)19-6-4-8-27(13-19)30(28,29)22-14-26(2)15-24-22/h3,5,7,9,11-12,14-15,19H,4,6,8,10,13H2,1-2H3/t19-/m0/s1. The van der Waals surface area contributed by atoms with E-state index in [0.717, 1.165) is 46.8 Å². The summed E-state index contributed by atoms with van der Waals surface area (Å²) >= 11 is 6.12. The SMILES string of the molecule is Cc1cc(Cc2cccc(Cl)c2)cc([C@H]2CCCN(S(=O)(=O)c3cn(C)cn3)C2)n1. The third-order valence-corrected chi connectivity index (χ3v) is 7.40. The molecule has 158 valence electrons. The summed E-state index contributed by atoms with van der Waals surface area (Å²) in [5.41, 5.74) is 4.19. The second-order valence-electron chi connectivity index (χ2n) is 7.93. The van der Waals surface area contributed by atoms with Gasteiger partial charge in [0.1, 0.15) is 0 Å². The smallest absolute Gasteiger partial charge is 0.262 e. The maximum atomic E-state index is 13.0. The van der Waals surface area contributed by atoms with Gasteiger partial charge in [-0.1, -0.05) is 23.7 Å². The first-order valence-electron chi connectivity index (χ1n) is 10.0. The molecular formula is C22H25ClN4O2S. The van der Waals surface area contributed by atoms with Crippen LogP contribution in [0.25, 0.3) is 0 Å². The van der Waals surface area contributed by atoms with Crippen LogP contribution in [0.2, 0.25) is 5.02 Å². The summed E-state index contributed by atoms with van der Waals surface area (Å²) in [6.45, 7) is 2.92. The fourth-order valence-electron chi connectivity index (χ4n) is 4.02. The van der Waals surface area contributed by atoms with E-state index in [1.165, 1.54) is 6.33 Å². The van der Waals surface area contributed by atoms with Crippen molar-refractivity contribution in [2.24, 2.45) is 7.05 Å². The summed E-state index contributed by atoms with van der Waals surface area (Å²) in [6, 6.07) is 12.0. The van der Waals surface area contributed by atoms with Gasteiger partial charge in [-0.05, 0) is 61.6 Å². The monoisotopic (exact) mass is 444 g/mol. The van der Waals surface area contributed by atoms with Gasteiger partial charge in [-0.2, -0.15) is 4.31 Å². The van der Waals surface area contributed by atoms with Crippen molar-refractivity contribution in [2.75, 3.05) is 13.1 Å². The molecule has 1 fully saturated rings. The minimum atomic E-state index is -3.60. The van der Waals surface area contributed by atoms with Gasteiger partial charge in [0.15, 0.2) is 5.03 Å². The number of aryl methyl sites for hydroxylation is 2. The van der Waals surface area contributed by atoms with Crippen LogP contribution in [0.3, 0.4) is 0 Å². The Labute approximate surface area is 182 Å². The van der Waals surface area contributed by atoms with Gasteiger partial charge < -0.3 is 4.57 Å². The second kappa shape index (κ2) is 8.49. The molecule has 1 saturated heterocycles. The Hall–Kier alpha value is -2.22. The summed E-state index contributed by atoms with van der Waals surface area (Å²) < 4.78 is 29.2. The van der Waals surface area contributed by atoms with Gasteiger partial charge >= 0.3 is 0 Å². The lowest BCUT2D eigenvalue weighted by Crippen LogP contribution is -2.39. The van der Waals surface area contributed by atoms with Crippen LogP contribution < -0.4 is 0 Å². The number of aromatic nitrogens is 3. The first-order chi connectivity index (χ1) is 14.3. The number of hydrogen-bond donors (Lipinski definition) is 0. The first kappa shape index (κ1) is 21.0. The predicted molar refractivity (Wildman–Crippen MR) is 117 cm³/mol. The van der Waals surface area contributed by atoms with Gasteiger partial charge in [0.05, 0.1) is 6.33 Å². The molecule has 1 aromatic carbocycles. The van der Waals surface area contributed by atoms with E-state index in [1.54, 1.807) is 22.1 Å². The molecule has 8 heteroatoms. The molecule has 0 aliphatic carbocycles. The zero-order valence-corrected chi connectivity index (χ0v) is 18.7. The van der Waals surface area contributed by atoms with Crippen molar-refractivity contribution in [2.45, 2.75) is 37.1 Å². The Morgan fingerprint density at radius 1 is 1.20 bits per heavy atom. The average Bonchev–Trinajstić information content (AvgIpc) is 3.15. The molecule has 4 rings (SSSR count).